The van der Waals surface area contributed by atoms with Crippen LogP contribution in [0, 0.1) is 0 Å². The molecule has 0 saturated carbocycles. The normalized spacial score (nSPS) is 27.7. The maximum atomic E-state index is 12.3. The molecular weight excluding hydrogens is 238 g/mol. The molecule has 19 heavy (non-hydrogen) atoms. The minimum atomic E-state index is -0.0117. The van der Waals surface area contributed by atoms with Crippen LogP contribution in [0.2, 0.25) is 0 Å². The topological polar surface area (TPSA) is 35.6 Å². The Hall–Kier alpha value is -0.610. The molecule has 0 spiro atoms. The van der Waals surface area contributed by atoms with Crippen LogP contribution in [-0.2, 0) is 4.79 Å². The molecule has 0 aromatic carbocycles. The Morgan fingerprint density at radius 3 is 2.58 bits per heavy atom. The lowest BCUT2D eigenvalue weighted by molar-refractivity contribution is -0.135. The minimum absolute atomic E-state index is 0.0117. The Kier molecular flexibility index (Phi) is 4.85. The largest absolute Gasteiger partial charge is 0.336 e. The lowest BCUT2D eigenvalue weighted by atomic mass is 9.93. The molecular formula is C15H29N3O. The summed E-state index contributed by atoms with van der Waals surface area (Å²) in [5.41, 5.74) is -0.0117. The predicted molar refractivity (Wildman–Crippen MR) is 78.2 cm³/mol. The van der Waals surface area contributed by atoms with Crippen LogP contribution < -0.4 is 5.32 Å². The van der Waals surface area contributed by atoms with E-state index in [4.69, 9.17) is 0 Å². The number of hydrogen-bond donors (Lipinski definition) is 1. The fourth-order valence-corrected chi connectivity index (χ4v) is 3.60. The summed E-state index contributed by atoms with van der Waals surface area (Å²) in [6, 6.07) is 0.528. The maximum Gasteiger partial charge on any atom is 0.223 e. The number of piperazine rings is 1. The first kappa shape index (κ1) is 14.8. The molecule has 2 rings (SSSR count). The monoisotopic (exact) mass is 267 g/mol. The fraction of sp³-hybridized carbons (Fsp3) is 0.933. The van der Waals surface area contributed by atoms with Gasteiger partial charge in [-0.05, 0) is 26.7 Å². The zero-order valence-electron chi connectivity index (χ0n) is 12.7. The van der Waals surface area contributed by atoms with Gasteiger partial charge in [-0.25, -0.2) is 0 Å². The van der Waals surface area contributed by atoms with Crippen molar-refractivity contribution in [1.29, 1.82) is 0 Å². The van der Waals surface area contributed by atoms with E-state index in [1.807, 2.05) is 0 Å². The van der Waals surface area contributed by atoms with E-state index in [9.17, 15) is 4.79 Å². The second-order valence-corrected chi connectivity index (χ2v) is 6.39. The molecule has 2 fully saturated rings. The Morgan fingerprint density at radius 2 is 1.95 bits per heavy atom. The molecule has 0 bridgehead atoms. The molecule has 4 nitrogen and oxygen atoms in total. The summed E-state index contributed by atoms with van der Waals surface area (Å²) >= 11 is 0. The molecule has 110 valence electrons. The van der Waals surface area contributed by atoms with E-state index in [2.05, 4.69) is 35.9 Å². The van der Waals surface area contributed by atoms with Gasteiger partial charge in [-0.2, -0.15) is 0 Å². The molecule has 0 radical (unpaired) electrons. The number of rotatable bonds is 4. The summed E-state index contributed by atoms with van der Waals surface area (Å²) in [6.45, 7) is 12.0. The highest BCUT2D eigenvalue weighted by Gasteiger charge is 2.45. The van der Waals surface area contributed by atoms with E-state index < -0.39 is 0 Å². The van der Waals surface area contributed by atoms with Crippen LogP contribution >= 0.6 is 0 Å². The molecule has 1 amide bonds. The second kappa shape index (κ2) is 6.23. The van der Waals surface area contributed by atoms with E-state index in [0.29, 0.717) is 18.4 Å². The number of nitrogens with zero attached hydrogens (tertiary/aromatic N) is 2. The quantitative estimate of drug-likeness (QED) is 0.837. The number of carbonyl (C=O) groups is 1. The smallest absolute Gasteiger partial charge is 0.223 e. The van der Waals surface area contributed by atoms with Crippen molar-refractivity contribution in [3.63, 3.8) is 0 Å². The van der Waals surface area contributed by atoms with Crippen molar-refractivity contribution in [1.82, 2.24) is 15.1 Å². The Balaban J connectivity index is 1.99. The van der Waals surface area contributed by atoms with Gasteiger partial charge in [0.15, 0.2) is 0 Å². The van der Waals surface area contributed by atoms with Gasteiger partial charge >= 0.3 is 0 Å². The van der Waals surface area contributed by atoms with Crippen LogP contribution in [-0.4, -0.2) is 60.0 Å². The van der Waals surface area contributed by atoms with Gasteiger partial charge in [0.1, 0.15) is 0 Å². The molecule has 0 aromatic heterocycles. The van der Waals surface area contributed by atoms with Crippen LogP contribution in [0.15, 0.2) is 0 Å². The number of likely N-dealkylation sites (tertiary alicyclic amines) is 1. The van der Waals surface area contributed by atoms with Gasteiger partial charge in [-0.1, -0.05) is 13.3 Å². The summed E-state index contributed by atoms with van der Waals surface area (Å²) in [6.07, 6.45) is 3.96. The van der Waals surface area contributed by atoms with Gasteiger partial charge in [0.05, 0.1) is 5.54 Å². The van der Waals surface area contributed by atoms with Gasteiger partial charge < -0.3 is 10.2 Å². The molecule has 4 heteroatoms. The van der Waals surface area contributed by atoms with Crippen LogP contribution in [0.5, 0.6) is 0 Å². The van der Waals surface area contributed by atoms with Crippen molar-refractivity contribution in [3.05, 3.63) is 0 Å². The SMILES string of the molecule is CCCCC(=O)N1CCC(N2CCNCC2)C1(C)C. The highest BCUT2D eigenvalue weighted by molar-refractivity contribution is 5.77. The van der Waals surface area contributed by atoms with Gasteiger partial charge in [0.2, 0.25) is 5.91 Å². The summed E-state index contributed by atoms with van der Waals surface area (Å²) < 4.78 is 0. The fourth-order valence-electron chi connectivity index (χ4n) is 3.60. The van der Waals surface area contributed by atoms with Gasteiger partial charge in [-0.3, -0.25) is 9.69 Å². The second-order valence-electron chi connectivity index (χ2n) is 6.39. The Labute approximate surface area is 117 Å². The summed E-state index contributed by atoms with van der Waals surface area (Å²) in [7, 11) is 0. The molecule has 1 N–H and O–H groups in total. The summed E-state index contributed by atoms with van der Waals surface area (Å²) in [4.78, 5) is 17.1. The number of amides is 1. The first-order valence-corrected chi connectivity index (χ1v) is 7.82. The molecule has 2 aliphatic heterocycles. The summed E-state index contributed by atoms with van der Waals surface area (Å²) in [5.74, 6) is 0.351. The molecule has 2 saturated heterocycles. The lowest BCUT2D eigenvalue weighted by Crippen LogP contribution is -2.58. The zero-order chi connectivity index (χ0) is 13.9. The third-order valence-electron chi connectivity index (χ3n) is 4.77. The molecule has 1 atom stereocenters. The van der Waals surface area contributed by atoms with E-state index in [1.54, 1.807) is 0 Å². The van der Waals surface area contributed by atoms with Crippen molar-refractivity contribution in [2.45, 2.75) is 58.0 Å². The average Bonchev–Trinajstić information content (AvgIpc) is 2.72. The van der Waals surface area contributed by atoms with E-state index in [1.165, 1.54) is 0 Å². The first-order valence-electron chi connectivity index (χ1n) is 7.82. The van der Waals surface area contributed by atoms with Gasteiger partial charge in [0, 0.05) is 45.2 Å². The van der Waals surface area contributed by atoms with Crippen molar-refractivity contribution < 1.29 is 4.79 Å². The van der Waals surface area contributed by atoms with E-state index in [0.717, 1.165) is 52.0 Å². The molecule has 2 heterocycles. The molecule has 0 aromatic rings. The molecule has 0 aliphatic carbocycles. The highest BCUT2D eigenvalue weighted by atomic mass is 16.2. The number of unbranched alkanes of at least 4 members (excludes halogenated alkanes) is 1. The van der Waals surface area contributed by atoms with Crippen LogP contribution in [0.1, 0.15) is 46.5 Å². The lowest BCUT2D eigenvalue weighted by Gasteiger charge is -2.43. The van der Waals surface area contributed by atoms with E-state index in [-0.39, 0.29) is 5.54 Å². The van der Waals surface area contributed by atoms with Gasteiger partial charge in [0.25, 0.3) is 0 Å². The Morgan fingerprint density at radius 1 is 1.26 bits per heavy atom. The standard InChI is InChI=1S/C15H29N3O/c1-4-5-6-14(19)18-10-7-13(15(18,2)3)17-11-8-16-9-12-17/h13,16H,4-12H2,1-3H3. The number of hydrogen-bond acceptors (Lipinski definition) is 3. The summed E-state index contributed by atoms with van der Waals surface area (Å²) in [5, 5.41) is 3.41. The predicted octanol–water partition coefficient (Wildman–Crippen LogP) is 1.46. The third kappa shape index (κ3) is 3.11. The van der Waals surface area contributed by atoms with Crippen molar-refractivity contribution in [2.75, 3.05) is 32.7 Å². The van der Waals surface area contributed by atoms with Crippen molar-refractivity contribution in [3.8, 4) is 0 Å². The van der Waals surface area contributed by atoms with Gasteiger partial charge in [-0.15, -0.1) is 0 Å². The van der Waals surface area contributed by atoms with Crippen LogP contribution in [0.3, 0.4) is 0 Å². The maximum absolute atomic E-state index is 12.3. The average molecular weight is 267 g/mol. The Bertz CT molecular complexity index is 311. The number of nitrogens with one attached hydrogen (secondary N) is 1. The highest BCUT2D eigenvalue weighted by Crippen LogP contribution is 2.33. The van der Waals surface area contributed by atoms with Crippen LogP contribution in [0.25, 0.3) is 0 Å². The third-order valence-corrected chi connectivity index (χ3v) is 4.77. The van der Waals surface area contributed by atoms with E-state index >= 15 is 0 Å². The van der Waals surface area contributed by atoms with Crippen molar-refractivity contribution in [2.24, 2.45) is 0 Å². The number of carbonyl (C=O) groups excluding carboxylic acids is 1. The van der Waals surface area contributed by atoms with Crippen molar-refractivity contribution >= 4 is 5.91 Å². The molecule has 2 aliphatic rings. The zero-order valence-corrected chi connectivity index (χ0v) is 12.7. The first-order chi connectivity index (χ1) is 9.07. The molecule has 1 unspecified atom stereocenters. The minimum Gasteiger partial charge on any atom is -0.336 e. The van der Waals surface area contributed by atoms with Crippen LogP contribution in [0.4, 0.5) is 0 Å².